The predicted octanol–water partition coefficient (Wildman–Crippen LogP) is -0.195. The number of nitrogens with one attached hydrogen (secondary N) is 1. The molecule has 1 aliphatic rings. The van der Waals surface area contributed by atoms with Crippen LogP contribution in [0.4, 0.5) is 4.79 Å². The maximum absolute atomic E-state index is 11.7. The van der Waals surface area contributed by atoms with Crippen molar-refractivity contribution in [3.63, 3.8) is 0 Å². The van der Waals surface area contributed by atoms with Gasteiger partial charge < -0.3 is 20.2 Å². The van der Waals surface area contributed by atoms with Crippen LogP contribution >= 0.6 is 0 Å². The Labute approximate surface area is 95.2 Å². The van der Waals surface area contributed by atoms with Gasteiger partial charge in [0.05, 0.1) is 0 Å². The van der Waals surface area contributed by atoms with Crippen molar-refractivity contribution in [2.45, 2.75) is 25.9 Å². The summed E-state index contributed by atoms with van der Waals surface area (Å²) in [6, 6.07) is -0.836. The number of urea groups is 1. The number of likely N-dealkylation sites (N-methyl/N-ethyl adjacent to an activating group) is 1. The predicted molar refractivity (Wildman–Crippen MR) is 59.3 cm³/mol. The molecule has 1 fully saturated rings. The minimum absolute atomic E-state index is 0.296. The summed E-state index contributed by atoms with van der Waals surface area (Å²) >= 11 is 0. The van der Waals surface area contributed by atoms with Gasteiger partial charge >= 0.3 is 12.0 Å². The second-order valence-electron chi connectivity index (χ2n) is 4.29. The third-order valence-electron chi connectivity index (χ3n) is 2.96. The summed E-state index contributed by atoms with van der Waals surface area (Å²) in [5.74, 6) is -1.02. The van der Waals surface area contributed by atoms with E-state index in [-0.39, 0.29) is 6.03 Å². The van der Waals surface area contributed by atoms with Gasteiger partial charge in [0.25, 0.3) is 0 Å². The Bertz CT molecular complexity index is 282. The Morgan fingerprint density at radius 1 is 1.44 bits per heavy atom. The zero-order valence-corrected chi connectivity index (χ0v) is 9.93. The molecule has 1 saturated heterocycles. The van der Waals surface area contributed by atoms with E-state index in [4.69, 9.17) is 5.11 Å². The van der Waals surface area contributed by atoms with E-state index in [1.165, 1.54) is 6.92 Å². The minimum Gasteiger partial charge on any atom is -0.480 e. The van der Waals surface area contributed by atoms with Gasteiger partial charge in [0.15, 0.2) is 0 Å². The quantitative estimate of drug-likeness (QED) is 0.688. The smallest absolute Gasteiger partial charge is 0.325 e. The van der Waals surface area contributed by atoms with Crippen molar-refractivity contribution < 1.29 is 14.7 Å². The number of aliphatic carboxylic acids is 1. The summed E-state index contributed by atoms with van der Waals surface area (Å²) in [7, 11) is 2.01. The molecule has 0 aromatic heterocycles. The summed E-state index contributed by atoms with van der Waals surface area (Å²) in [4.78, 5) is 26.1. The average Bonchev–Trinajstić information content (AvgIpc) is 2.21. The fourth-order valence-electron chi connectivity index (χ4n) is 1.57. The normalized spacial score (nSPS) is 23.9. The first-order chi connectivity index (χ1) is 7.41. The highest BCUT2D eigenvalue weighted by molar-refractivity contribution is 5.82. The van der Waals surface area contributed by atoms with Crippen LogP contribution in [0.3, 0.4) is 0 Å². The van der Waals surface area contributed by atoms with E-state index in [1.54, 1.807) is 4.90 Å². The number of hydrogen-bond acceptors (Lipinski definition) is 3. The van der Waals surface area contributed by atoms with Gasteiger partial charge in [-0.05, 0) is 20.9 Å². The fourth-order valence-corrected chi connectivity index (χ4v) is 1.57. The molecule has 0 aromatic carbocycles. The number of carboxylic acid groups (broad SMARTS) is 1. The van der Waals surface area contributed by atoms with Crippen molar-refractivity contribution in [3.8, 4) is 0 Å². The topological polar surface area (TPSA) is 72.9 Å². The molecular weight excluding hydrogens is 210 g/mol. The molecule has 0 radical (unpaired) electrons. The van der Waals surface area contributed by atoms with Crippen molar-refractivity contribution in [1.82, 2.24) is 15.1 Å². The Morgan fingerprint density at radius 3 is 2.56 bits per heavy atom. The van der Waals surface area contributed by atoms with E-state index in [9.17, 15) is 9.59 Å². The molecule has 2 amide bonds. The lowest BCUT2D eigenvalue weighted by Crippen LogP contribution is -2.56. The SMILES string of the molecule is CC(NC(=O)N1CCN(C)C(C)C1)C(=O)O. The van der Waals surface area contributed by atoms with Crippen LogP contribution in [0.15, 0.2) is 0 Å². The highest BCUT2D eigenvalue weighted by Crippen LogP contribution is 2.06. The Hall–Kier alpha value is -1.30. The number of carbonyl (C=O) groups excluding carboxylic acids is 1. The second kappa shape index (κ2) is 5.16. The molecule has 0 aromatic rings. The van der Waals surface area contributed by atoms with Crippen LogP contribution in [-0.4, -0.2) is 65.7 Å². The van der Waals surface area contributed by atoms with E-state index in [2.05, 4.69) is 10.2 Å². The van der Waals surface area contributed by atoms with Crippen molar-refractivity contribution in [2.24, 2.45) is 0 Å². The average molecular weight is 229 g/mol. The Kier molecular flexibility index (Phi) is 4.12. The first-order valence-electron chi connectivity index (χ1n) is 5.40. The standard InChI is InChI=1S/C10H19N3O3/c1-7-6-13(5-4-12(7)3)10(16)11-8(2)9(14)15/h7-8H,4-6H2,1-3H3,(H,11,16)(H,14,15). The number of nitrogens with zero attached hydrogens (tertiary/aromatic N) is 2. The Morgan fingerprint density at radius 2 is 2.06 bits per heavy atom. The molecule has 0 saturated carbocycles. The third-order valence-corrected chi connectivity index (χ3v) is 2.96. The number of carboxylic acids is 1. The van der Waals surface area contributed by atoms with Crippen LogP contribution in [-0.2, 0) is 4.79 Å². The molecule has 6 heteroatoms. The molecular formula is C10H19N3O3. The van der Waals surface area contributed by atoms with E-state index in [1.807, 2.05) is 14.0 Å². The van der Waals surface area contributed by atoms with E-state index < -0.39 is 12.0 Å². The van der Waals surface area contributed by atoms with Crippen molar-refractivity contribution in [2.75, 3.05) is 26.7 Å². The molecule has 0 bridgehead atoms. The molecule has 2 unspecified atom stereocenters. The molecule has 2 atom stereocenters. The van der Waals surface area contributed by atoms with Crippen molar-refractivity contribution in [1.29, 1.82) is 0 Å². The first kappa shape index (κ1) is 12.8. The first-order valence-corrected chi connectivity index (χ1v) is 5.40. The van der Waals surface area contributed by atoms with Crippen LogP contribution in [0.25, 0.3) is 0 Å². The van der Waals surface area contributed by atoms with Crippen LogP contribution < -0.4 is 5.32 Å². The Balaban J connectivity index is 2.46. The molecule has 6 nitrogen and oxygen atoms in total. The molecule has 2 N–H and O–H groups in total. The highest BCUT2D eigenvalue weighted by Gasteiger charge is 2.25. The van der Waals surface area contributed by atoms with Gasteiger partial charge in [-0.25, -0.2) is 4.79 Å². The van der Waals surface area contributed by atoms with E-state index in [0.29, 0.717) is 19.1 Å². The molecule has 0 spiro atoms. The minimum atomic E-state index is -1.02. The largest absolute Gasteiger partial charge is 0.480 e. The van der Waals surface area contributed by atoms with Crippen molar-refractivity contribution in [3.05, 3.63) is 0 Å². The summed E-state index contributed by atoms with van der Waals surface area (Å²) in [5.41, 5.74) is 0. The summed E-state index contributed by atoms with van der Waals surface area (Å²) in [5, 5.41) is 11.1. The lowest BCUT2D eigenvalue weighted by molar-refractivity contribution is -0.138. The summed E-state index contributed by atoms with van der Waals surface area (Å²) in [6.45, 7) is 5.59. The third kappa shape index (κ3) is 3.10. The van der Waals surface area contributed by atoms with Crippen molar-refractivity contribution >= 4 is 12.0 Å². The zero-order chi connectivity index (χ0) is 12.3. The number of piperazine rings is 1. The van der Waals surface area contributed by atoms with Crippen LogP contribution in [0.5, 0.6) is 0 Å². The molecule has 0 aliphatic carbocycles. The fraction of sp³-hybridized carbons (Fsp3) is 0.800. The number of amides is 2. The monoisotopic (exact) mass is 229 g/mol. The highest BCUT2D eigenvalue weighted by atomic mass is 16.4. The van der Waals surface area contributed by atoms with Gasteiger partial charge in [0.1, 0.15) is 6.04 Å². The lowest BCUT2D eigenvalue weighted by Gasteiger charge is -2.37. The second-order valence-corrected chi connectivity index (χ2v) is 4.29. The molecule has 1 aliphatic heterocycles. The number of carbonyl (C=O) groups is 2. The molecule has 1 rings (SSSR count). The van der Waals surface area contributed by atoms with Gasteiger partial charge in [-0.2, -0.15) is 0 Å². The van der Waals surface area contributed by atoms with Gasteiger partial charge in [0.2, 0.25) is 0 Å². The van der Waals surface area contributed by atoms with Crippen LogP contribution in [0.1, 0.15) is 13.8 Å². The molecule has 92 valence electrons. The zero-order valence-electron chi connectivity index (χ0n) is 9.93. The molecule has 16 heavy (non-hydrogen) atoms. The van der Waals surface area contributed by atoms with E-state index in [0.717, 1.165) is 6.54 Å². The summed E-state index contributed by atoms with van der Waals surface area (Å²) in [6.07, 6.45) is 0. The van der Waals surface area contributed by atoms with Crippen LogP contribution in [0.2, 0.25) is 0 Å². The van der Waals surface area contributed by atoms with Gasteiger partial charge in [-0.1, -0.05) is 0 Å². The molecule has 1 heterocycles. The maximum atomic E-state index is 11.7. The number of hydrogen-bond donors (Lipinski definition) is 2. The van der Waals surface area contributed by atoms with Crippen LogP contribution in [0, 0.1) is 0 Å². The number of rotatable bonds is 2. The van der Waals surface area contributed by atoms with Gasteiger partial charge in [-0.3, -0.25) is 4.79 Å². The van der Waals surface area contributed by atoms with Gasteiger partial charge in [-0.15, -0.1) is 0 Å². The lowest BCUT2D eigenvalue weighted by atomic mass is 10.2. The van der Waals surface area contributed by atoms with E-state index >= 15 is 0 Å². The summed E-state index contributed by atoms with van der Waals surface area (Å²) < 4.78 is 0. The maximum Gasteiger partial charge on any atom is 0.325 e. The van der Waals surface area contributed by atoms with Gasteiger partial charge in [0, 0.05) is 25.7 Å².